The zero-order valence-corrected chi connectivity index (χ0v) is 11.8. The molecule has 0 fully saturated rings. The summed E-state index contributed by atoms with van der Waals surface area (Å²) >= 11 is 0. The van der Waals surface area contributed by atoms with Gasteiger partial charge in [-0.2, -0.15) is 9.97 Å². The maximum absolute atomic E-state index is 5.64. The molecule has 20 heavy (non-hydrogen) atoms. The lowest BCUT2D eigenvalue weighted by atomic mass is 10.1. The molecule has 1 heterocycles. The summed E-state index contributed by atoms with van der Waals surface area (Å²) in [6, 6.07) is 3.52. The summed E-state index contributed by atoms with van der Waals surface area (Å²) in [5, 5.41) is 0. The highest BCUT2D eigenvalue weighted by molar-refractivity contribution is 5.67. The Bertz CT molecular complexity index is 586. The highest BCUT2D eigenvalue weighted by Crippen LogP contribution is 2.40. The van der Waals surface area contributed by atoms with Crippen molar-refractivity contribution in [2.75, 3.05) is 27.1 Å². The molecule has 0 amide bonds. The van der Waals surface area contributed by atoms with Crippen LogP contribution in [0.3, 0.4) is 0 Å². The fourth-order valence-electron chi connectivity index (χ4n) is 1.84. The summed E-state index contributed by atoms with van der Waals surface area (Å²) in [6.45, 7) is 1.75. The van der Waals surface area contributed by atoms with E-state index in [1.54, 1.807) is 40.4 Å². The number of nitrogen functional groups attached to an aromatic ring is 1. The summed E-state index contributed by atoms with van der Waals surface area (Å²) < 4.78 is 15.9. The molecule has 0 spiro atoms. The minimum atomic E-state index is 0.168. The molecule has 0 unspecified atom stereocenters. The maximum Gasteiger partial charge on any atom is 0.223 e. The minimum absolute atomic E-state index is 0.168. The van der Waals surface area contributed by atoms with Gasteiger partial charge in [-0.25, -0.2) is 4.98 Å². The second kappa shape index (κ2) is 5.60. The van der Waals surface area contributed by atoms with E-state index in [1.807, 2.05) is 0 Å². The second-order valence-electron chi connectivity index (χ2n) is 3.98. The van der Waals surface area contributed by atoms with E-state index < -0.39 is 0 Å². The monoisotopic (exact) mass is 276 g/mol. The molecule has 0 atom stereocenters. The average molecular weight is 276 g/mol. The van der Waals surface area contributed by atoms with Crippen LogP contribution < -0.4 is 19.9 Å². The van der Waals surface area contributed by atoms with Crippen molar-refractivity contribution in [3.63, 3.8) is 0 Å². The predicted molar refractivity (Wildman–Crippen MR) is 74.1 cm³/mol. The van der Waals surface area contributed by atoms with Crippen molar-refractivity contribution < 1.29 is 14.2 Å². The number of anilines is 1. The number of hydrogen-bond donors (Lipinski definition) is 1. The van der Waals surface area contributed by atoms with Gasteiger partial charge in [-0.1, -0.05) is 0 Å². The molecule has 0 aliphatic carbocycles. The Balaban J connectivity index is 2.62. The lowest BCUT2D eigenvalue weighted by Gasteiger charge is -2.13. The van der Waals surface area contributed by atoms with Gasteiger partial charge in [0.2, 0.25) is 11.7 Å². The number of methoxy groups -OCH3 is 3. The minimum Gasteiger partial charge on any atom is -0.493 e. The molecule has 2 rings (SSSR count). The van der Waals surface area contributed by atoms with Crippen molar-refractivity contribution >= 4 is 5.95 Å². The normalized spacial score (nSPS) is 10.2. The molecule has 7 nitrogen and oxygen atoms in total. The van der Waals surface area contributed by atoms with E-state index in [0.717, 1.165) is 0 Å². The first-order valence-corrected chi connectivity index (χ1v) is 5.87. The summed E-state index contributed by atoms with van der Waals surface area (Å²) in [5.41, 5.74) is 6.35. The number of nitrogens with zero attached hydrogens (tertiary/aromatic N) is 3. The Morgan fingerprint density at radius 2 is 1.50 bits per heavy atom. The van der Waals surface area contributed by atoms with Gasteiger partial charge in [-0.3, -0.25) is 0 Å². The third-order valence-corrected chi connectivity index (χ3v) is 2.69. The zero-order valence-electron chi connectivity index (χ0n) is 11.8. The van der Waals surface area contributed by atoms with Crippen LogP contribution >= 0.6 is 0 Å². The molecule has 0 aliphatic rings. The van der Waals surface area contributed by atoms with Crippen LogP contribution in [-0.4, -0.2) is 36.3 Å². The van der Waals surface area contributed by atoms with Gasteiger partial charge in [0.15, 0.2) is 17.3 Å². The Morgan fingerprint density at radius 3 is 1.95 bits per heavy atom. The van der Waals surface area contributed by atoms with Gasteiger partial charge in [-0.15, -0.1) is 0 Å². The molecule has 0 saturated carbocycles. The van der Waals surface area contributed by atoms with Crippen LogP contribution in [0.15, 0.2) is 12.1 Å². The van der Waals surface area contributed by atoms with E-state index in [9.17, 15) is 0 Å². The average Bonchev–Trinajstić information content (AvgIpc) is 2.44. The van der Waals surface area contributed by atoms with Crippen molar-refractivity contribution in [2.24, 2.45) is 0 Å². The van der Waals surface area contributed by atoms with E-state index in [-0.39, 0.29) is 5.95 Å². The van der Waals surface area contributed by atoms with Crippen LogP contribution in [-0.2, 0) is 0 Å². The largest absolute Gasteiger partial charge is 0.493 e. The highest BCUT2D eigenvalue weighted by Gasteiger charge is 2.15. The van der Waals surface area contributed by atoms with Crippen LogP contribution in [0.5, 0.6) is 17.2 Å². The SMILES string of the molecule is COc1cc(-c2nc(C)nc(N)n2)cc(OC)c1OC. The lowest BCUT2D eigenvalue weighted by molar-refractivity contribution is 0.324. The van der Waals surface area contributed by atoms with E-state index in [0.29, 0.717) is 34.5 Å². The van der Waals surface area contributed by atoms with Gasteiger partial charge in [0, 0.05) is 5.56 Å². The van der Waals surface area contributed by atoms with Crippen molar-refractivity contribution in [1.29, 1.82) is 0 Å². The third-order valence-electron chi connectivity index (χ3n) is 2.69. The van der Waals surface area contributed by atoms with Crippen LogP contribution in [0, 0.1) is 6.92 Å². The molecule has 1 aromatic carbocycles. The summed E-state index contributed by atoms with van der Waals surface area (Å²) in [4.78, 5) is 12.3. The summed E-state index contributed by atoms with van der Waals surface area (Å²) in [7, 11) is 4.65. The lowest BCUT2D eigenvalue weighted by Crippen LogP contribution is -2.03. The third kappa shape index (κ3) is 2.56. The fraction of sp³-hybridized carbons (Fsp3) is 0.308. The maximum atomic E-state index is 5.64. The summed E-state index contributed by atoms with van der Waals surface area (Å²) in [5.74, 6) is 2.73. The number of aromatic nitrogens is 3. The second-order valence-corrected chi connectivity index (χ2v) is 3.98. The first-order valence-electron chi connectivity index (χ1n) is 5.87. The molecule has 0 radical (unpaired) electrons. The number of nitrogens with two attached hydrogens (primary N) is 1. The topological polar surface area (TPSA) is 92.4 Å². The van der Waals surface area contributed by atoms with E-state index >= 15 is 0 Å². The van der Waals surface area contributed by atoms with Gasteiger partial charge >= 0.3 is 0 Å². The van der Waals surface area contributed by atoms with Crippen molar-refractivity contribution in [3.05, 3.63) is 18.0 Å². The molecule has 0 aliphatic heterocycles. The fourth-order valence-corrected chi connectivity index (χ4v) is 1.84. The van der Waals surface area contributed by atoms with Gasteiger partial charge in [0.1, 0.15) is 5.82 Å². The van der Waals surface area contributed by atoms with E-state index in [2.05, 4.69) is 15.0 Å². The first-order chi connectivity index (χ1) is 9.58. The van der Waals surface area contributed by atoms with Gasteiger partial charge < -0.3 is 19.9 Å². The van der Waals surface area contributed by atoms with Crippen molar-refractivity contribution in [3.8, 4) is 28.6 Å². The quantitative estimate of drug-likeness (QED) is 0.903. The number of hydrogen-bond acceptors (Lipinski definition) is 7. The number of rotatable bonds is 4. The van der Waals surface area contributed by atoms with Crippen molar-refractivity contribution in [2.45, 2.75) is 6.92 Å². The van der Waals surface area contributed by atoms with Crippen LogP contribution in [0.1, 0.15) is 5.82 Å². The van der Waals surface area contributed by atoms with Crippen molar-refractivity contribution in [1.82, 2.24) is 15.0 Å². The van der Waals surface area contributed by atoms with Crippen LogP contribution in [0.25, 0.3) is 11.4 Å². The Labute approximate surface area is 116 Å². The van der Waals surface area contributed by atoms with Crippen LogP contribution in [0.4, 0.5) is 5.95 Å². The molecule has 2 N–H and O–H groups in total. The summed E-state index contributed by atoms with van der Waals surface area (Å²) in [6.07, 6.45) is 0. The first kappa shape index (κ1) is 13.9. The van der Waals surface area contributed by atoms with E-state index in [1.165, 1.54) is 0 Å². The van der Waals surface area contributed by atoms with Crippen LogP contribution in [0.2, 0.25) is 0 Å². The number of aryl methyl sites for hydroxylation is 1. The predicted octanol–water partition coefficient (Wildman–Crippen LogP) is 1.46. The van der Waals surface area contributed by atoms with Gasteiger partial charge in [0.05, 0.1) is 21.3 Å². The van der Waals surface area contributed by atoms with Gasteiger partial charge in [0.25, 0.3) is 0 Å². The Hall–Kier alpha value is -2.57. The Morgan fingerprint density at radius 1 is 0.900 bits per heavy atom. The molecule has 0 saturated heterocycles. The highest BCUT2D eigenvalue weighted by atomic mass is 16.5. The molecular weight excluding hydrogens is 260 g/mol. The molecule has 2 aromatic rings. The molecule has 1 aromatic heterocycles. The van der Waals surface area contributed by atoms with E-state index in [4.69, 9.17) is 19.9 Å². The number of benzene rings is 1. The molecule has 0 bridgehead atoms. The molecule has 7 heteroatoms. The molecular formula is C13H16N4O3. The smallest absolute Gasteiger partial charge is 0.223 e. The Kier molecular flexibility index (Phi) is 3.88. The standard InChI is InChI=1S/C13H16N4O3/c1-7-15-12(17-13(14)16-7)8-5-9(18-2)11(20-4)10(6-8)19-3/h5-6H,1-4H3,(H2,14,15,16,17). The van der Waals surface area contributed by atoms with Gasteiger partial charge in [-0.05, 0) is 19.1 Å². The zero-order chi connectivity index (χ0) is 14.7. The number of ether oxygens (including phenoxy) is 3. The molecule has 106 valence electrons.